The van der Waals surface area contributed by atoms with E-state index in [0.29, 0.717) is 12.8 Å². The third kappa shape index (κ3) is 3.61. The quantitative estimate of drug-likeness (QED) is 0.521. The van der Waals surface area contributed by atoms with E-state index in [1.165, 1.54) is 0 Å². The van der Waals surface area contributed by atoms with Gasteiger partial charge in [0.25, 0.3) is 0 Å². The van der Waals surface area contributed by atoms with Crippen LogP contribution in [-0.4, -0.2) is 17.3 Å². The van der Waals surface area contributed by atoms with Crippen LogP contribution in [-0.2, 0) is 4.79 Å². The van der Waals surface area contributed by atoms with Crippen molar-refractivity contribution >= 4 is 5.78 Å². The fraction of sp³-hybridized carbons (Fsp3) is 0.909. The molecule has 15 heavy (non-hydrogen) atoms. The van der Waals surface area contributed by atoms with Crippen molar-refractivity contribution in [3.63, 3.8) is 0 Å². The van der Waals surface area contributed by atoms with Gasteiger partial charge in [0.1, 0.15) is 5.78 Å². The predicted octanol–water partition coefficient (Wildman–Crippen LogP) is 2.58. The summed E-state index contributed by atoms with van der Waals surface area (Å²) in [6.07, 6.45) is 5.57. The SMILES string of the molecule is CCCCC1(C[N+](=O)[O-])CCCC(=O)C1. The molecule has 0 aromatic carbocycles. The highest BCUT2D eigenvalue weighted by molar-refractivity contribution is 5.79. The van der Waals surface area contributed by atoms with Crippen LogP contribution in [0.2, 0.25) is 0 Å². The van der Waals surface area contributed by atoms with Gasteiger partial charge in [-0.1, -0.05) is 19.8 Å². The van der Waals surface area contributed by atoms with Gasteiger partial charge in [-0.3, -0.25) is 14.9 Å². The van der Waals surface area contributed by atoms with Crippen molar-refractivity contribution in [2.45, 2.75) is 51.9 Å². The summed E-state index contributed by atoms with van der Waals surface area (Å²) < 4.78 is 0. The van der Waals surface area contributed by atoms with Crippen molar-refractivity contribution < 1.29 is 9.72 Å². The third-order valence-corrected chi connectivity index (χ3v) is 3.26. The lowest BCUT2D eigenvalue weighted by molar-refractivity contribution is -0.498. The summed E-state index contributed by atoms with van der Waals surface area (Å²) in [7, 11) is 0. The Labute approximate surface area is 90.2 Å². The summed E-state index contributed by atoms with van der Waals surface area (Å²) in [6.45, 7) is 2.04. The Morgan fingerprint density at radius 2 is 2.27 bits per heavy atom. The van der Waals surface area contributed by atoms with E-state index >= 15 is 0 Å². The van der Waals surface area contributed by atoms with E-state index in [1.54, 1.807) is 0 Å². The van der Waals surface area contributed by atoms with Crippen LogP contribution in [0, 0.1) is 15.5 Å². The molecule has 1 aliphatic carbocycles. The summed E-state index contributed by atoms with van der Waals surface area (Å²) in [6, 6.07) is 0. The molecule has 4 heteroatoms. The average molecular weight is 213 g/mol. The molecule has 86 valence electrons. The van der Waals surface area contributed by atoms with Gasteiger partial charge < -0.3 is 0 Å². The molecular formula is C11H19NO3. The monoisotopic (exact) mass is 213 g/mol. The highest BCUT2D eigenvalue weighted by atomic mass is 16.6. The summed E-state index contributed by atoms with van der Waals surface area (Å²) >= 11 is 0. The van der Waals surface area contributed by atoms with E-state index in [0.717, 1.165) is 32.1 Å². The van der Waals surface area contributed by atoms with Crippen molar-refractivity contribution in [2.75, 3.05) is 6.54 Å². The molecular weight excluding hydrogens is 194 g/mol. The van der Waals surface area contributed by atoms with Gasteiger partial charge in [0.05, 0.1) is 0 Å². The minimum Gasteiger partial charge on any atom is -0.300 e. The number of hydrogen-bond donors (Lipinski definition) is 0. The molecule has 0 heterocycles. The Balaban J connectivity index is 2.65. The maximum Gasteiger partial charge on any atom is 0.209 e. The van der Waals surface area contributed by atoms with E-state index in [-0.39, 0.29) is 22.7 Å². The molecule has 4 nitrogen and oxygen atoms in total. The lowest BCUT2D eigenvalue weighted by Gasteiger charge is -2.32. The lowest BCUT2D eigenvalue weighted by atomic mass is 9.70. The smallest absolute Gasteiger partial charge is 0.209 e. The van der Waals surface area contributed by atoms with Gasteiger partial charge in [0, 0.05) is 23.2 Å². The highest BCUT2D eigenvalue weighted by Crippen LogP contribution is 2.39. The Morgan fingerprint density at radius 3 is 2.80 bits per heavy atom. The second-order valence-corrected chi connectivity index (χ2v) is 4.66. The van der Waals surface area contributed by atoms with Crippen LogP contribution in [0.1, 0.15) is 51.9 Å². The number of nitro groups is 1. The molecule has 0 amide bonds. The molecule has 1 aliphatic rings. The molecule has 0 saturated heterocycles. The zero-order chi connectivity index (χ0) is 11.3. The molecule has 0 aromatic heterocycles. The van der Waals surface area contributed by atoms with Gasteiger partial charge in [0.2, 0.25) is 6.54 Å². The van der Waals surface area contributed by atoms with E-state index in [1.807, 2.05) is 0 Å². The van der Waals surface area contributed by atoms with E-state index in [4.69, 9.17) is 0 Å². The van der Waals surface area contributed by atoms with Crippen molar-refractivity contribution in [3.8, 4) is 0 Å². The molecule has 1 atom stereocenters. The average Bonchev–Trinajstić information content (AvgIpc) is 2.13. The number of nitrogens with zero attached hydrogens (tertiary/aromatic N) is 1. The number of Topliss-reactive ketones (excluding diaryl/α,β-unsaturated/α-hetero) is 1. The Kier molecular flexibility index (Phi) is 4.24. The Morgan fingerprint density at radius 1 is 1.53 bits per heavy atom. The summed E-state index contributed by atoms with van der Waals surface area (Å²) in [5.74, 6) is 0.208. The zero-order valence-electron chi connectivity index (χ0n) is 9.33. The van der Waals surface area contributed by atoms with Gasteiger partial charge in [-0.25, -0.2) is 0 Å². The second-order valence-electron chi connectivity index (χ2n) is 4.66. The van der Waals surface area contributed by atoms with Crippen molar-refractivity contribution in [2.24, 2.45) is 5.41 Å². The number of carbonyl (C=O) groups is 1. The molecule has 1 fully saturated rings. The topological polar surface area (TPSA) is 60.2 Å². The number of rotatable bonds is 5. The molecule has 0 radical (unpaired) electrons. The molecule has 0 aromatic rings. The predicted molar refractivity (Wildman–Crippen MR) is 57.3 cm³/mol. The van der Waals surface area contributed by atoms with Crippen molar-refractivity contribution in [1.82, 2.24) is 0 Å². The maximum absolute atomic E-state index is 11.4. The van der Waals surface area contributed by atoms with Gasteiger partial charge in [-0.05, 0) is 19.3 Å². The zero-order valence-corrected chi connectivity index (χ0v) is 9.33. The molecule has 0 bridgehead atoms. The van der Waals surface area contributed by atoms with E-state index in [2.05, 4.69) is 6.92 Å². The summed E-state index contributed by atoms with van der Waals surface area (Å²) in [4.78, 5) is 21.8. The summed E-state index contributed by atoms with van der Waals surface area (Å²) in [5, 5.41) is 10.6. The number of carbonyl (C=O) groups excluding carboxylic acids is 1. The largest absolute Gasteiger partial charge is 0.300 e. The standard InChI is InChI=1S/C11H19NO3/c1-2-3-6-11(9-12(14)15)7-4-5-10(13)8-11/h2-9H2,1H3. The number of unbranched alkanes of at least 4 members (excludes halogenated alkanes) is 1. The third-order valence-electron chi connectivity index (χ3n) is 3.26. The summed E-state index contributed by atoms with van der Waals surface area (Å²) in [5.41, 5.74) is -0.325. The van der Waals surface area contributed by atoms with Crippen LogP contribution in [0.4, 0.5) is 0 Å². The van der Waals surface area contributed by atoms with Gasteiger partial charge >= 0.3 is 0 Å². The first-order chi connectivity index (χ1) is 7.08. The number of hydrogen-bond acceptors (Lipinski definition) is 3. The first-order valence-electron chi connectivity index (χ1n) is 5.71. The van der Waals surface area contributed by atoms with Crippen LogP contribution in [0.25, 0.3) is 0 Å². The molecule has 0 spiro atoms. The molecule has 1 saturated carbocycles. The van der Waals surface area contributed by atoms with Crippen molar-refractivity contribution in [1.29, 1.82) is 0 Å². The Bertz CT molecular complexity index is 248. The molecule has 1 rings (SSSR count). The maximum atomic E-state index is 11.4. The van der Waals surface area contributed by atoms with Crippen LogP contribution in [0.5, 0.6) is 0 Å². The lowest BCUT2D eigenvalue weighted by Crippen LogP contribution is -2.35. The second kappa shape index (κ2) is 5.24. The number of ketones is 1. The molecule has 0 aliphatic heterocycles. The van der Waals surface area contributed by atoms with Crippen LogP contribution >= 0.6 is 0 Å². The van der Waals surface area contributed by atoms with E-state index < -0.39 is 0 Å². The van der Waals surface area contributed by atoms with Gasteiger partial charge in [-0.2, -0.15) is 0 Å². The van der Waals surface area contributed by atoms with E-state index in [9.17, 15) is 14.9 Å². The first kappa shape index (κ1) is 12.1. The molecule has 1 unspecified atom stereocenters. The van der Waals surface area contributed by atoms with Gasteiger partial charge in [0.15, 0.2) is 0 Å². The van der Waals surface area contributed by atoms with Crippen molar-refractivity contribution in [3.05, 3.63) is 10.1 Å². The highest BCUT2D eigenvalue weighted by Gasteiger charge is 2.39. The minimum atomic E-state index is -0.325. The van der Waals surface area contributed by atoms with Crippen LogP contribution in [0.3, 0.4) is 0 Å². The van der Waals surface area contributed by atoms with Crippen LogP contribution in [0.15, 0.2) is 0 Å². The normalized spacial score (nSPS) is 26.6. The molecule has 0 N–H and O–H groups in total. The van der Waals surface area contributed by atoms with Gasteiger partial charge in [-0.15, -0.1) is 0 Å². The minimum absolute atomic E-state index is 0.0290. The fourth-order valence-corrected chi connectivity index (χ4v) is 2.51. The Hall–Kier alpha value is -0.930. The first-order valence-corrected chi connectivity index (χ1v) is 5.71. The van der Waals surface area contributed by atoms with Crippen LogP contribution < -0.4 is 0 Å². The fourth-order valence-electron chi connectivity index (χ4n) is 2.51.